The van der Waals surface area contributed by atoms with Gasteiger partial charge in [0, 0.05) is 13.1 Å². The Morgan fingerprint density at radius 3 is 2.60 bits per heavy atom. The third-order valence-electron chi connectivity index (χ3n) is 3.94. The number of halogens is 3. The fraction of sp³-hybridized carbons (Fsp3) is 0.429. The van der Waals surface area contributed by atoms with E-state index >= 15 is 0 Å². The van der Waals surface area contributed by atoms with E-state index in [1.807, 2.05) is 0 Å². The molecular formula is C14H15F3N4O3S. The van der Waals surface area contributed by atoms with Crippen molar-refractivity contribution in [1.29, 1.82) is 0 Å². The number of hydrogen-bond donors (Lipinski definition) is 3. The van der Waals surface area contributed by atoms with Crippen LogP contribution in [0.2, 0.25) is 0 Å². The predicted molar refractivity (Wildman–Crippen MR) is 86.7 cm³/mol. The number of pyridine rings is 1. The van der Waals surface area contributed by atoms with Gasteiger partial charge in [-0.1, -0.05) is 11.3 Å². The summed E-state index contributed by atoms with van der Waals surface area (Å²) < 4.78 is 45.2. The third kappa shape index (κ3) is 3.42. The minimum atomic E-state index is -4.66. The quantitative estimate of drug-likeness (QED) is 0.741. The molecule has 0 unspecified atom stereocenters. The van der Waals surface area contributed by atoms with Crippen LogP contribution in [0, 0.1) is 0 Å². The minimum Gasteiger partial charge on any atom is -0.397 e. The number of primary amides is 1. The number of anilines is 2. The summed E-state index contributed by atoms with van der Waals surface area (Å²) in [4.78, 5) is 16.8. The molecule has 136 valence electrons. The molecule has 5 N–H and O–H groups in total. The first kappa shape index (κ1) is 17.5. The van der Waals surface area contributed by atoms with Gasteiger partial charge in [0.15, 0.2) is 0 Å². The number of piperidine rings is 1. The van der Waals surface area contributed by atoms with Gasteiger partial charge in [-0.3, -0.25) is 0 Å². The van der Waals surface area contributed by atoms with E-state index in [9.17, 15) is 23.1 Å². The molecule has 0 spiro atoms. The number of alkyl halides is 3. The molecule has 0 saturated carbocycles. The zero-order chi connectivity index (χ0) is 18.4. The highest BCUT2D eigenvalue weighted by molar-refractivity contribution is 7.21. The van der Waals surface area contributed by atoms with E-state index in [0.29, 0.717) is 25.9 Å². The van der Waals surface area contributed by atoms with Crippen molar-refractivity contribution in [2.45, 2.75) is 25.1 Å². The molecule has 1 aliphatic rings. The van der Waals surface area contributed by atoms with Crippen molar-refractivity contribution in [3.63, 3.8) is 0 Å². The van der Waals surface area contributed by atoms with Gasteiger partial charge in [0.05, 0.1) is 22.7 Å². The number of aromatic nitrogens is 1. The van der Waals surface area contributed by atoms with Crippen LogP contribution in [0.4, 0.5) is 29.5 Å². The first-order valence-corrected chi connectivity index (χ1v) is 8.19. The zero-order valence-corrected chi connectivity index (χ0v) is 13.7. The SMILES string of the molecule is NC(=O)Oc1sc2nc(N3CCC(O)CC3)cc(C(F)(F)F)c2c1N. The standard InChI is InChI=1S/C14H15F3N4O3S/c15-14(16,17)7-5-8(21-3-1-6(22)2-4-21)20-11-9(7)10(18)12(25-11)24-13(19)23/h5-6,22H,1-4,18H2,(H2,19,23). The predicted octanol–water partition coefficient (Wildman–Crippen LogP) is 2.32. The molecule has 25 heavy (non-hydrogen) atoms. The number of nitrogen functional groups attached to an aromatic ring is 1. The summed E-state index contributed by atoms with van der Waals surface area (Å²) >= 11 is 0.726. The monoisotopic (exact) mass is 376 g/mol. The lowest BCUT2D eigenvalue weighted by atomic mass is 10.1. The maximum atomic E-state index is 13.5. The fourth-order valence-corrected chi connectivity index (χ4v) is 3.71. The van der Waals surface area contributed by atoms with Crippen LogP contribution in [-0.2, 0) is 6.18 Å². The molecule has 1 amide bonds. The molecule has 0 aliphatic carbocycles. The van der Waals surface area contributed by atoms with Crippen molar-refractivity contribution in [3.05, 3.63) is 11.6 Å². The second-order valence-corrected chi connectivity index (χ2v) is 6.61. The van der Waals surface area contributed by atoms with E-state index in [1.165, 1.54) is 0 Å². The van der Waals surface area contributed by atoms with Crippen LogP contribution < -0.4 is 21.1 Å². The molecule has 0 aromatic carbocycles. The maximum Gasteiger partial charge on any atom is 0.417 e. The second-order valence-electron chi connectivity index (χ2n) is 5.65. The van der Waals surface area contributed by atoms with Gasteiger partial charge in [0.25, 0.3) is 0 Å². The van der Waals surface area contributed by atoms with Gasteiger partial charge in [-0.2, -0.15) is 13.2 Å². The van der Waals surface area contributed by atoms with Crippen LogP contribution in [0.5, 0.6) is 5.06 Å². The highest BCUT2D eigenvalue weighted by Crippen LogP contribution is 2.46. The van der Waals surface area contributed by atoms with Crippen molar-refractivity contribution >= 4 is 39.2 Å². The summed E-state index contributed by atoms with van der Waals surface area (Å²) in [6.45, 7) is 0.783. The summed E-state index contributed by atoms with van der Waals surface area (Å²) in [5.74, 6) is 0.138. The average Bonchev–Trinajstić information content (AvgIpc) is 2.81. The molecule has 0 atom stereocenters. The number of fused-ring (bicyclic) bond motifs is 1. The van der Waals surface area contributed by atoms with E-state index in [2.05, 4.69) is 9.72 Å². The number of rotatable bonds is 2. The van der Waals surface area contributed by atoms with Crippen molar-refractivity contribution in [2.24, 2.45) is 5.73 Å². The first-order chi connectivity index (χ1) is 11.7. The Balaban J connectivity index is 2.13. The molecule has 3 rings (SSSR count). The number of hydrogen-bond acceptors (Lipinski definition) is 7. The number of carbonyl (C=O) groups excluding carboxylic acids is 1. The smallest absolute Gasteiger partial charge is 0.397 e. The van der Waals surface area contributed by atoms with Crippen molar-refractivity contribution in [1.82, 2.24) is 4.98 Å². The molecule has 1 fully saturated rings. The number of aliphatic hydroxyl groups is 1. The summed E-state index contributed by atoms with van der Waals surface area (Å²) in [6.07, 6.45) is -5.40. The van der Waals surface area contributed by atoms with Crippen molar-refractivity contribution in [2.75, 3.05) is 23.7 Å². The topological polar surface area (TPSA) is 115 Å². The molecule has 0 bridgehead atoms. The number of ether oxygens (including phenoxy) is 1. The summed E-state index contributed by atoms with van der Waals surface area (Å²) in [7, 11) is 0. The van der Waals surface area contributed by atoms with Gasteiger partial charge < -0.3 is 26.2 Å². The molecular weight excluding hydrogens is 361 g/mol. The first-order valence-electron chi connectivity index (χ1n) is 7.37. The Morgan fingerprint density at radius 1 is 1.40 bits per heavy atom. The molecule has 0 radical (unpaired) electrons. The largest absolute Gasteiger partial charge is 0.417 e. The molecule has 7 nitrogen and oxygen atoms in total. The number of aliphatic hydroxyl groups excluding tert-OH is 1. The molecule has 2 aromatic heterocycles. The zero-order valence-electron chi connectivity index (χ0n) is 12.8. The second kappa shape index (κ2) is 6.23. The van der Waals surface area contributed by atoms with Crippen LogP contribution >= 0.6 is 11.3 Å². The van der Waals surface area contributed by atoms with Gasteiger partial charge in [-0.25, -0.2) is 9.78 Å². The van der Waals surface area contributed by atoms with E-state index in [4.69, 9.17) is 11.5 Å². The lowest BCUT2D eigenvalue weighted by Gasteiger charge is -2.31. The Labute approximate surface area is 144 Å². The van der Waals surface area contributed by atoms with E-state index in [-0.39, 0.29) is 26.8 Å². The number of nitrogens with two attached hydrogens (primary N) is 2. The van der Waals surface area contributed by atoms with Crippen molar-refractivity contribution < 1.29 is 27.8 Å². The summed E-state index contributed by atoms with van der Waals surface area (Å²) in [5.41, 5.74) is 9.36. The van der Waals surface area contributed by atoms with Gasteiger partial charge in [-0.05, 0) is 18.9 Å². The number of thiophene rings is 1. The lowest BCUT2D eigenvalue weighted by Crippen LogP contribution is -2.36. The number of carbonyl (C=O) groups is 1. The van der Waals surface area contributed by atoms with Crippen LogP contribution in [0.1, 0.15) is 18.4 Å². The minimum absolute atomic E-state index is 0.00435. The Morgan fingerprint density at radius 2 is 2.04 bits per heavy atom. The summed E-state index contributed by atoms with van der Waals surface area (Å²) in [6, 6.07) is 0.928. The average molecular weight is 376 g/mol. The van der Waals surface area contributed by atoms with Crippen LogP contribution in [0.15, 0.2) is 6.07 Å². The van der Waals surface area contributed by atoms with Gasteiger partial charge >= 0.3 is 12.3 Å². The van der Waals surface area contributed by atoms with Gasteiger partial charge in [0.1, 0.15) is 10.6 Å². The number of nitrogens with zero attached hydrogens (tertiary/aromatic N) is 2. The summed E-state index contributed by atoms with van der Waals surface area (Å²) in [5, 5.41) is 9.02. The highest BCUT2D eigenvalue weighted by atomic mass is 32.1. The van der Waals surface area contributed by atoms with Gasteiger partial charge in [-0.15, -0.1) is 0 Å². The normalized spacial score (nSPS) is 16.4. The van der Waals surface area contributed by atoms with Crippen LogP contribution in [0.25, 0.3) is 10.2 Å². The van der Waals surface area contributed by atoms with E-state index < -0.39 is 23.9 Å². The van der Waals surface area contributed by atoms with Crippen molar-refractivity contribution in [3.8, 4) is 5.06 Å². The molecule has 1 aliphatic heterocycles. The van der Waals surface area contributed by atoms with Crippen LogP contribution in [-0.4, -0.2) is 35.4 Å². The maximum absolute atomic E-state index is 13.5. The Kier molecular flexibility index (Phi) is 4.37. The molecule has 11 heteroatoms. The lowest BCUT2D eigenvalue weighted by molar-refractivity contribution is -0.136. The molecule has 2 aromatic rings. The van der Waals surface area contributed by atoms with Gasteiger partial charge in [0.2, 0.25) is 5.06 Å². The Hall–Kier alpha value is -2.27. The molecule has 1 saturated heterocycles. The fourth-order valence-electron chi connectivity index (χ4n) is 2.74. The van der Waals surface area contributed by atoms with E-state index in [0.717, 1.165) is 17.4 Å². The third-order valence-corrected chi connectivity index (χ3v) is 4.92. The molecule has 3 heterocycles. The highest BCUT2D eigenvalue weighted by Gasteiger charge is 2.36. The van der Waals surface area contributed by atoms with E-state index in [1.54, 1.807) is 4.90 Å². The van der Waals surface area contributed by atoms with Crippen LogP contribution in [0.3, 0.4) is 0 Å². The number of amides is 1. The Bertz CT molecular complexity index is 816.